The molecule has 1 aliphatic carbocycles. The molecule has 0 saturated heterocycles. The standard InChI is InChI=1S/C15H17N3O2/c16-8-9-6-10(7-9)14(19)18-13-3-1-2-12-11(13)4-5-17-15(12)20/h1-5,9-10H,6-8,16H2,(H,17,20)(H,18,19). The number of H-pyrrole nitrogens is 1. The van der Waals surface area contributed by atoms with Crippen LogP contribution in [0.15, 0.2) is 35.3 Å². The minimum Gasteiger partial charge on any atom is -0.330 e. The molecule has 20 heavy (non-hydrogen) atoms. The monoisotopic (exact) mass is 271 g/mol. The number of hydrogen-bond donors (Lipinski definition) is 3. The third-order valence-electron chi connectivity index (χ3n) is 4.01. The highest BCUT2D eigenvalue weighted by atomic mass is 16.2. The van der Waals surface area contributed by atoms with Crippen LogP contribution in [0.5, 0.6) is 0 Å². The minimum absolute atomic E-state index is 0.0162. The van der Waals surface area contributed by atoms with E-state index in [2.05, 4.69) is 10.3 Å². The lowest BCUT2D eigenvalue weighted by Gasteiger charge is -2.33. The zero-order chi connectivity index (χ0) is 14.1. The van der Waals surface area contributed by atoms with E-state index in [0.717, 1.165) is 18.2 Å². The second-order valence-electron chi connectivity index (χ2n) is 5.33. The number of rotatable bonds is 3. The van der Waals surface area contributed by atoms with E-state index in [1.807, 2.05) is 6.07 Å². The molecule has 0 atom stereocenters. The SMILES string of the molecule is NCC1CC(C(=O)Nc2cccc3c(=O)[nH]ccc23)C1. The first-order valence-electron chi connectivity index (χ1n) is 6.80. The number of aromatic amines is 1. The number of carbonyl (C=O) groups is 1. The average molecular weight is 271 g/mol. The predicted molar refractivity (Wildman–Crippen MR) is 78.5 cm³/mol. The smallest absolute Gasteiger partial charge is 0.255 e. The summed E-state index contributed by atoms with van der Waals surface area (Å²) in [5.41, 5.74) is 6.11. The van der Waals surface area contributed by atoms with Crippen molar-refractivity contribution in [2.24, 2.45) is 17.6 Å². The molecule has 0 radical (unpaired) electrons. The third-order valence-corrected chi connectivity index (χ3v) is 4.01. The Morgan fingerprint density at radius 2 is 2.10 bits per heavy atom. The molecule has 2 aromatic rings. The van der Waals surface area contributed by atoms with Gasteiger partial charge in [-0.2, -0.15) is 0 Å². The molecule has 4 N–H and O–H groups in total. The second-order valence-corrected chi connectivity index (χ2v) is 5.33. The van der Waals surface area contributed by atoms with Gasteiger partial charge in [-0.05, 0) is 43.5 Å². The molecule has 104 valence electrons. The van der Waals surface area contributed by atoms with Crippen LogP contribution < -0.4 is 16.6 Å². The molecule has 1 fully saturated rings. The number of anilines is 1. The molecule has 1 heterocycles. The van der Waals surface area contributed by atoms with Crippen LogP contribution in [0.3, 0.4) is 0 Å². The van der Waals surface area contributed by atoms with Crippen LogP contribution in [0.4, 0.5) is 5.69 Å². The van der Waals surface area contributed by atoms with E-state index in [4.69, 9.17) is 5.73 Å². The Hall–Kier alpha value is -2.14. The van der Waals surface area contributed by atoms with E-state index in [-0.39, 0.29) is 17.4 Å². The van der Waals surface area contributed by atoms with Crippen LogP contribution in [0, 0.1) is 11.8 Å². The third kappa shape index (κ3) is 2.20. The zero-order valence-electron chi connectivity index (χ0n) is 11.1. The van der Waals surface area contributed by atoms with Gasteiger partial charge in [-0.25, -0.2) is 0 Å². The van der Waals surface area contributed by atoms with Gasteiger partial charge in [-0.1, -0.05) is 6.07 Å². The Kier molecular flexibility index (Phi) is 3.28. The van der Waals surface area contributed by atoms with Gasteiger partial charge in [0.2, 0.25) is 5.91 Å². The minimum atomic E-state index is -0.148. The topological polar surface area (TPSA) is 88.0 Å². The molecule has 0 spiro atoms. The summed E-state index contributed by atoms with van der Waals surface area (Å²) in [5, 5.41) is 4.27. The fourth-order valence-corrected chi connectivity index (χ4v) is 2.71. The number of hydrogen-bond acceptors (Lipinski definition) is 3. The number of fused-ring (bicyclic) bond motifs is 1. The molecule has 1 amide bonds. The van der Waals surface area contributed by atoms with Crippen molar-refractivity contribution < 1.29 is 4.79 Å². The molecule has 1 aromatic carbocycles. The Morgan fingerprint density at radius 1 is 1.30 bits per heavy atom. The van der Waals surface area contributed by atoms with Crippen molar-refractivity contribution in [2.75, 3.05) is 11.9 Å². The van der Waals surface area contributed by atoms with Crippen LogP contribution in [-0.2, 0) is 4.79 Å². The molecule has 0 unspecified atom stereocenters. The van der Waals surface area contributed by atoms with Crippen LogP contribution in [0.25, 0.3) is 10.8 Å². The Labute approximate surface area is 116 Å². The molecule has 1 saturated carbocycles. The molecule has 0 aliphatic heterocycles. The molecule has 0 bridgehead atoms. The maximum atomic E-state index is 12.1. The number of pyridine rings is 1. The van der Waals surface area contributed by atoms with Crippen molar-refractivity contribution in [1.82, 2.24) is 4.98 Å². The number of aromatic nitrogens is 1. The van der Waals surface area contributed by atoms with Gasteiger partial charge in [0.05, 0.1) is 0 Å². The summed E-state index contributed by atoms with van der Waals surface area (Å²) in [6.45, 7) is 0.646. The first kappa shape index (κ1) is 12.9. The number of benzene rings is 1. The summed E-state index contributed by atoms with van der Waals surface area (Å²) in [6.07, 6.45) is 3.30. The van der Waals surface area contributed by atoms with Crippen molar-refractivity contribution >= 4 is 22.4 Å². The van der Waals surface area contributed by atoms with Gasteiger partial charge >= 0.3 is 0 Å². The zero-order valence-corrected chi connectivity index (χ0v) is 11.1. The average Bonchev–Trinajstić information content (AvgIpc) is 2.39. The van der Waals surface area contributed by atoms with Crippen molar-refractivity contribution in [3.63, 3.8) is 0 Å². The highest BCUT2D eigenvalue weighted by molar-refractivity contribution is 6.02. The van der Waals surface area contributed by atoms with Gasteiger partial charge in [-0.15, -0.1) is 0 Å². The van der Waals surface area contributed by atoms with E-state index in [9.17, 15) is 9.59 Å². The number of amides is 1. The van der Waals surface area contributed by atoms with Crippen molar-refractivity contribution in [3.05, 3.63) is 40.8 Å². The second kappa shape index (κ2) is 5.09. The molecular formula is C15H17N3O2. The predicted octanol–water partition coefficient (Wildman–Crippen LogP) is 1.45. The van der Waals surface area contributed by atoms with Gasteiger partial charge in [0.25, 0.3) is 5.56 Å². The first-order valence-corrected chi connectivity index (χ1v) is 6.80. The lowest BCUT2D eigenvalue weighted by Crippen LogP contribution is -2.37. The summed E-state index contributed by atoms with van der Waals surface area (Å²) in [5.74, 6) is 0.532. The fourth-order valence-electron chi connectivity index (χ4n) is 2.71. The van der Waals surface area contributed by atoms with E-state index in [1.54, 1.807) is 24.4 Å². The van der Waals surface area contributed by atoms with E-state index < -0.39 is 0 Å². The van der Waals surface area contributed by atoms with Crippen molar-refractivity contribution in [2.45, 2.75) is 12.8 Å². The summed E-state index contributed by atoms with van der Waals surface area (Å²) in [7, 11) is 0. The number of nitrogens with two attached hydrogens (primary N) is 1. The summed E-state index contributed by atoms with van der Waals surface area (Å²) in [6, 6.07) is 7.14. The Morgan fingerprint density at radius 3 is 2.85 bits per heavy atom. The molecule has 5 heteroatoms. The molecule has 1 aliphatic rings. The Bertz CT molecular complexity index is 702. The van der Waals surface area contributed by atoms with Crippen molar-refractivity contribution in [3.8, 4) is 0 Å². The molecule has 5 nitrogen and oxygen atoms in total. The highest BCUT2D eigenvalue weighted by Gasteiger charge is 2.33. The van der Waals surface area contributed by atoms with Gasteiger partial charge in [0, 0.05) is 28.6 Å². The first-order chi connectivity index (χ1) is 9.69. The highest BCUT2D eigenvalue weighted by Crippen LogP contribution is 2.34. The maximum Gasteiger partial charge on any atom is 0.255 e. The normalized spacial score (nSPS) is 21.4. The van der Waals surface area contributed by atoms with Crippen LogP contribution in [-0.4, -0.2) is 17.4 Å². The maximum absolute atomic E-state index is 12.1. The summed E-state index contributed by atoms with van der Waals surface area (Å²) in [4.78, 5) is 26.5. The quantitative estimate of drug-likeness (QED) is 0.789. The number of carbonyl (C=O) groups excluding carboxylic acids is 1. The van der Waals surface area contributed by atoms with Crippen molar-refractivity contribution in [1.29, 1.82) is 0 Å². The summed E-state index contributed by atoms with van der Waals surface area (Å²) >= 11 is 0. The largest absolute Gasteiger partial charge is 0.330 e. The number of nitrogens with one attached hydrogen (secondary N) is 2. The van der Waals surface area contributed by atoms with Gasteiger partial charge in [-0.3, -0.25) is 9.59 Å². The summed E-state index contributed by atoms with van der Waals surface area (Å²) < 4.78 is 0. The molecule has 1 aromatic heterocycles. The fraction of sp³-hybridized carbons (Fsp3) is 0.333. The van der Waals surface area contributed by atoms with Crippen LogP contribution in [0.2, 0.25) is 0 Å². The van der Waals surface area contributed by atoms with E-state index in [1.165, 1.54) is 0 Å². The van der Waals surface area contributed by atoms with E-state index in [0.29, 0.717) is 23.5 Å². The van der Waals surface area contributed by atoms with Crippen LogP contribution in [0.1, 0.15) is 12.8 Å². The van der Waals surface area contributed by atoms with Gasteiger partial charge in [0.1, 0.15) is 0 Å². The lowest BCUT2D eigenvalue weighted by molar-refractivity contribution is -0.123. The molecular weight excluding hydrogens is 254 g/mol. The molecule has 3 rings (SSSR count). The van der Waals surface area contributed by atoms with Gasteiger partial charge < -0.3 is 16.0 Å². The van der Waals surface area contributed by atoms with E-state index >= 15 is 0 Å². The lowest BCUT2D eigenvalue weighted by atomic mass is 9.74. The van der Waals surface area contributed by atoms with Gasteiger partial charge in [0.15, 0.2) is 0 Å². The Balaban J connectivity index is 1.83. The van der Waals surface area contributed by atoms with Crippen LogP contribution >= 0.6 is 0 Å².